The van der Waals surface area contributed by atoms with E-state index in [2.05, 4.69) is 5.10 Å². The molecule has 2 heterocycles. The van der Waals surface area contributed by atoms with Crippen molar-refractivity contribution in [1.29, 1.82) is 0 Å². The van der Waals surface area contributed by atoms with Crippen LogP contribution < -0.4 is 14.2 Å². The van der Waals surface area contributed by atoms with Crippen molar-refractivity contribution in [2.24, 2.45) is 7.05 Å². The summed E-state index contributed by atoms with van der Waals surface area (Å²) in [5.41, 5.74) is 1.69. The van der Waals surface area contributed by atoms with Gasteiger partial charge < -0.3 is 14.2 Å². The molecule has 3 aromatic rings. The molecule has 0 fully saturated rings. The number of carbonyl (C=O) groups is 2. The van der Waals surface area contributed by atoms with Gasteiger partial charge in [0.2, 0.25) is 18.5 Å². The quantitative estimate of drug-likeness (QED) is 0.299. The number of hydrogen-bond donors (Lipinski definition) is 0. The van der Waals surface area contributed by atoms with Crippen LogP contribution in [-0.2, 0) is 21.7 Å². The predicted octanol–water partition coefficient (Wildman–Crippen LogP) is 3.02. The number of ether oxygens (including phenoxy) is 3. The summed E-state index contributed by atoms with van der Waals surface area (Å²) in [6.45, 7) is 3.46. The minimum atomic E-state index is -3.68. The van der Waals surface area contributed by atoms with E-state index >= 15 is 0 Å². The molecular weight excluding hydrogens is 460 g/mol. The molecule has 34 heavy (non-hydrogen) atoms. The molecule has 176 valence electrons. The Morgan fingerprint density at radius 1 is 1.09 bits per heavy atom. The summed E-state index contributed by atoms with van der Waals surface area (Å²) in [5, 5.41) is 4.19. The fourth-order valence-corrected chi connectivity index (χ4v) is 4.54. The van der Waals surface area contributed by atoms with Crippen LogP contribution in [0.2, 0.25) is 0 Å². The van der Waals surface area contributed by atoms with Crippen molar-refractivity contribution in [2.75, 3.05) is 13.0 Å². The number of aromatic nitrogens is 2. The molecule has 0 bridgehead atoms. The molecule has 0 saturated carbocycles. The molecule has 2 aromatic carbocycles. The van der Waals surface area contributed by atoms with Gasteiger partial charge in [0.1, 0.15) is 5.56 Å². The third-order valence-electron chi connectivity index (χ3n) is 5.18. The van der Waals surface area contributed by atoms with Crippen LogP contribution in [-0.4, -0.2) is 43.0 Å². The number of benzene rings is 2. The molecule has 1 aliphatic heterocycles. The van der Waals surface area contributed by atoms with Gasteiger partial charge in [0.15, 0.2) is 21.3 Å². The maximum atomic E-state index is 13.4. The third kappa shape index (κ3) is 4.58. The highest BCUT2D eigenvalue weighted by molar-refractivity contribution is 7.90. The average molecular weight is 483 g/mol. The zero-order valence-corrected chi connectivity index (χ0v) is 19.8. The van der Waals surface area contributed by atoms with Crippen molar-refractivity contribution in [2.45, 2.75) is 18.7 Å². The predicted molar refractivity (Wildman–Crippen MR) is 123 cm³/mol. The molecular formula is C24H22N2O7S. The molecule has 10 heteroatoms. The second kappa shape index (κ2) is 8.79. The topological polar surface area (TPSA) is 114 Å². The normalized spacial score (nSPS) is 12.8. The maximum absolute atomic E-state index is 13.4. The molecule has 0 unspecified atom stereocenters. The Bertz CT molecular complexity index is 1450. The van der Waals surface area contributed by atoms with Crippen molar-refractivity contribution in [3.8, 4) is 17.4 Å². The molecule has 0 amide bonds. The largest absolute Gasteiger partial charge is 0.454 e. The first-order valence-corrected chi connectivity index (χ1v) is 12.1. The van der Waals surface area contributed by atoms with E-state index in [1.54, 1.807) is 38.1 Å². The molecule has 0 saturated heterocycles. The SMILES string of the molecule is Cc1ccc(C(=O)c2c(C)nn(C)c2OC(=O)/C=C/c2ccc3c(c2)OCO3)c(S(C)(=O)=O)c1. The Morgan fingerprint density at radius 2 is 1.82 bits per heavy atom. The second-order valence-electron chi connectivity index (χ2n) is 7.86. The van der Waals surface area contributed by atoms with Crippen molar-refractivity contribution < 1.29 is 32.2 Å². The van der Waals surface area contributed by atoms with Crippen LogP contribution in [0.3, 0.4) is 0 Å². The van der Waals surface area contributed by atoms with Crippen molar-refractivity contribution in [1.82, 2.24) is 9.78 Å². The van der Waals surface area contributed by atoms with Gasteiger partial charge in [-0.3, -0.25) is 4.79 Å². The summed E-state index contributed by atoms with van der Waals surface area (Å²) >= 11 is 0. The lowest BCUT2D eigenvalue weighted by molar-refractivity contribution is -0.129. The number of hydrogen-bond acceptors (Lipinski definition) is 8. The van der Waals surface area contributed by atoms with Crippen LogP contribution in [0, 0.1) is 13.8 Å². The fourth-order valence-electron chi connectivity index (χ4n) is 3.58. The van der Waals surface area contributed by atoms with Crippen LogP contribution in [0.15, 0.2) is 47.4 Å². The summed E-state index contributed by atoms with van der Waals surface area (Å²) in [4.78, 5) is 25.8. The van der Waals surface area contributed by atoms with Crippen molar-refractivity contribution >= 4 is 27.7 Å². The zero-order valence-electron chi connectivity index (χ0n) is 19.0. The van der Waals surface area contributed by atoms with Crippen LogP contribution in [0.1, 0.15) is 32.7 Å². The lowest BCUT2D eigenvalue weighted by Crippen LogP contribution is -2.14. The van der Waals surface area contributed by atoms with Crippen LogP contribution in [0.4, 0.5) is 0 Å². The summed E-state index contributed by atoms with van der Waals surface area (Å²) < 4.78 is 41.9. The molecule has 0 atom stereocenters. The van der Waals surface area contributed by atoms with Gasteiger partial charge in [-0.1, -0.05) is 12.1 Å². The Labute approximate surface area is 196 Å². The van der Waals surface area contributed by atoms with E-state index in [0.29, 0.717) is 28.3 Å². The van der Waals surface area contributed by atoms with E-state index in [1.807, 2.05) is 0 Å². The first kappa shape index (κ1) is 23.2. The van der Waals surface area contributed by atoms with Gasteiger partial charge >= 0.3 is 5.97 Å². The summed E-state index contributed by atoms with van der Waals surface area (Å²) in [6.07, 6.45) is 3.79. The lowest BCUT2D eigenvalue weighted by Gasteiger charge is -2.10. The highest BCUT2D eigenvalue weighted by atomic mass is 32.2. The van der Waals surface area contributed by atoms with Crippen molar-refractivity contribution in [3.05, 3.63) is 70.4 Å². The molecule has 0 radical (unpaired) electrons. The molecule has 0 spiro atoms. The Kier molecular flexibility index (Phi) is 6.01. The molecule has 9 nitrogen and oxygen atoms in total. The summed E-state index contributed by atoms with van der Waals surface area (Å²) in [5.74, 6) is -0.221. The number of aryl methyl sites for hydroxylation is 3. The first-order valence-electron chi connectivity index (χ1n) is 10.2. The number of fused-ring (bicyclic) bond motifs is 1. The second-order valence-corrected chi connectivity index (χ2v) is 9.84. The standard InChI is InChI=1S/C24H22N2O7S/c1-14-5-8-17(20(11-14)34(4,29)30)23(28)22-15(2)25-26(3)24(22)33-21(27)10-7-16-6-9-18-19(12-16)32-13-31-18/h5-12H,13H2,1-4H3/b10-7+. The zero-order chi connectivity index (χ0) is 24.6. The van der Waals surface area contributed by atoms with E-state index in [1.165, 1.54) is 36.0 Å². The van der Waals surface area contributed by atoms with Crippen molar-refractivity contribution in [3.63, 3.8) is 0 Å². The van der Waals surface area contributed by atoms with Gasteiger partial charge in [0.25, 0.3) is 0 Å². The molecule has 1 aromatic heterocycles. The van der Waals surface area contributed by atoms with Gasteiger partial charge in [-0.2, -0.15) is 5.10 Å². The Hall–Kier alpha value is -3.92. The van der Waals surface area contributed by atoms with E-state index in [9.17, 15) is 18.0 Å². The van der Waals surface area contributed by atoms with E-state index in [-0.39, 0.29) is 28.7 Å². The number of carbonyl (C=O) groups excluding carboxylic acids is 2. The highest BCUT2D eigenvalue weighted by Crippen LogP contribution is 2.33. The van der Waals surface area contributed by atoms with Crippen LogP contribution >= 0.6 is 0 Å². The number of esters is 1. The first-order chi connectivity index (χ1) is 16.0. The molecule has 4 rings (SSSR count). The summed E-state index contributed by atoms with van der Waals surface area (Å²) in [7, 11) is -2.15. The highest BCUT2D eigenvalue weighted by Gasteiger charge is 2.28. The van der Waals surface area contributed by atoms with E-state index in [0.717, 1.165) is 6.26 Å². The van der Waals surface area contributed by atoms with Crippen LogP contribution in [0.25, 0.3) is 6.08 Å². The Balaban J connectivity index is 1.63. The van der Waals surface area contributed by atoms with E-state index < -0.39 is 21.6 Å². The molecule has 0 N–H and O–H groups in total. The monoisotopic (exact) mass is 482 g/mol. The number of ketones is 1. The minimum absolute atomic E-state index is 0.0149. The number of rotatable bonds is 6. The summed E-state index contributed by atoms with van der Waals surface area (Å²) in [6, 6.07) is 9.74. The fraction of sp³-hybridized carbons (Fsp3) is 0.208. The van der Waals surface area contributed by atoms with Gasteiger partial charge in [-0.05, 0) is 55.3 Å². The third-order valence-corrected chi connectivity index (χ3v) is 6.32. The van der Waals surface area contributed by atoms with Crippen LogP contribution in [0.5, 0.6) is 17.4 Å². The lowest BCUT2D eigenvalue weighted by atomic mass is 10.0. The van der Waals surface area contributed by atoms with Gasteiger partial charge in [0, 0.05) is 24.9 Å². The Morgan fingerprint density at radius 3 is 2.56 bits per heavy atom. The maximum Gasteiger partial charge on any atom is 0.337 e. The smallest absolute Gasteiger partial charge is 0.337 e. The minimum Gasteiger partial charge on any atom is -0.454 e. The molecule has 0 aliphatic carbocycles. The molecule has 1 aliphatic rings. The average Bonchev–Trinajstić information content (AvgIpc) is 3.34. The van der Waals surface area contributed by atoms with Gasteiger partial charge in [-0.15, -0.1) is 0 Å². The van der Waals surface area contributed by atoms with Gasteiger partial charge in [0.05, 0.1) is 10.6 Å². The number of sulfone groups is 1. The number of nitrogens with zero attached hydrogens (tertiary/aromatic N) is 2. The van der Waals surface area contributed by atoms with Gasteiger partial charge in [-0.25, -0.2) is 17.9 Å². The van der Waals surface area contributed by atoms with E-state index in [4.69, 9.17) is 14.2 Å².